The molecule has 166 valence electrons. The third-order valence-electron chi connectivity index (χ3n) is 5.18. The Bertz CT molecular complexity index is 1090. The van der Waals surface area contributed by atoms with Crippen LogP contribution in [-0.4, -0.2) is 33.3 Å². The van der Waals surface area contributed by atoms with Crippen molar-refractivity contribution in [3.63, 3.8) is 0 Å². The average Bonchev–Trinajstić information content (AvgIpc) is 2.94. The fourth-order valence-corrected chi connectivity index (χ4v) is 4.75. The SMILES string of the molecule is Cc1c(N[S+](=O)(O)c2ccc(-c3cccc(CN(C)C)c3)cc2)c(CC(C)C)nn1C. The molecule has 1 heterocycles. The number of anilines is 1. The van der Waals surface area contributed by atoms with E-state index < -0.39 is 10.4 Å². The first-order valence-corrected chi connectivity index (χ1v) is 12.0. The van der Waals surface area contributed by atoms with Crippen molar-refractivity contribution in [2.45, 2.75) is 38.6 Å². The first-order valence-electron chi connectivity index (χ1n) is 10.5. The number of nitrogens with one attached hydrogen (secondary N) is 1. The summed E-state index contributed by atoms with van der Waals surface area (Å²) in [6, 6.07) is 15.6. The molecule has 3 aromatic rings. The standard InChI is InChI=1S/C24H32N4O2S/c1-17(2)14-23-24(18(3)28(6)25-23)26-31(29,30)22-12-10-20(11-13-22)21-9-7-8-19(15-21)16-27(4)5/h7-13,15,17H,14,16H2,1-6H3,(H-,26,29,30)/p+1. The van der Waals surface area contributed by atoms with Gasteiger partial charge in [0.05, 0.1) is 11.4 Å². The molecule has 0 radical (unpaired) electrons. The number of hydrogen-bond acceptors (Lipinski definition) is 3. The quantitative estimate of drug-likeness (QED) is 0.482. The molecular formula is C24H33N4O2S+. The van der Waals surface area contributed by atoms with Crippen molar-refractivity contribution in [2.24, 2.45) is 13.0 Å². The predicted molar refractivity (Wildman–Crippen MR) is 128 cm³/mol. The Morgan fingerprint density at radius 1 is 1.13 bits per heavy atom. The summed E-state index contributed by atoms with van der Waals surface area (Å²) in [7, 11) is 2.48. The highest BCUT2D eigenvalue weighted by Crippen LogP contribution is 2.29. The van der Waals surface area contributed by atoms with Crippen LogP contribution in [0, 0.1) is 12.8 Å². The Morgan fingerprint density at radius 3 is 2.42 bits per heavy atom. The van der Waals surface area contributed by atoms with E-state index in [2.05, 4.69) is 46.8 Å². The molecule has 0 bridgehead atoms. The molecule has 0 aliphatic heterocycles. The highest BCUT2D eigenvalue weighted by molar-refractivity contribution is 7.99. The lowest BCUT2D eigenvalue weighted by Gasteiger charge is -2.12. The van der Waals surface area contributed by atoms with Crippen molar-refractivity contribution in [1.29, 1.82) is 0 Å². The Morgan fingerprint density at radius 2 is 1.81 bits per heavy atom. The minimum absolute atomic E-state index is 0.347. The third-order valence-corrected chi connectivity index (χ3v) is 6.57. The number of nitrogens with zero attached hydrogens (tertiary/aromatic N) is 3. The highest BCUT2D eigenvalue weighted by atomic mass is 32.3. The van der Waals surface area contributed by atoms with Crippen LogP contribution in [0.25, 0.3) is 11.1 Å². The zero-order valence-corrected chi connectivity index (χ0v) is 20.0. The Hall–Kier alpha value is -2.48. The topological polar surface area (TPSA) is 70.4 Å². The van der Waals surface area contributed by atoms with Gasteiger partial charge in [0.1, 0.15) is 5.69 Å². The predicted octanol–water partition coefficient (Wildman–Crippen LogP) is 5.01. The van der Waals surface area contributed by atoms with Gasteiger partial charge in [-0.2, -0.15) is 14.4 Å². The van der Waals surface area contributed by atoms with Gasteiger partial charge >= 0.3 is 10.4 Å². The molecule has 3 rings (SSSR count). The Kier molecular flexibility index (Phi) is 6.99. The fraction of sp³-hybridized carbons (Fsp3) is 0.375. The summed E-state index contributed by atoms with van der Waals surface area (Å²) in [5.74, 6) is 0.395. The maximum Gasteiger partial charge on any atom is 0.346 e. The third kappa shape index (κ3) is 5.61. The summed E-state index contributed by atoms with van der Waals surface area (Å²) >= 11 is 0. The van der Waals surface area contributed by atoms with Gasteiger partial charge in [-0.05, 0) is 84.6 Å². The fourth-order valence-electron chi connectivity index (χ4n) is 3.58. The number of rotatable bonds is 8. The lowest BCUT2D eigenvalue weighted by Crippen LogP contribution is -2.21. The zero-order valence-electron chi connectivity index (χ0n) is 19.2. The number of aromatic nitrogens is 2. The van der Waals surface area contributed by atoms with Crippen LogP contribution in [0.1, 0.15) is 30.8 Å². The number of benzene rings is 2. The van der Waals surface area contributed by atoms with Gasteiger partial charge in [-0.25, -0.2) is 0 Å². The molecule has 0 amide bonds. The van der Waals surface area contributed by atoms with E-state index in [1.807, 2.05) is 46.3 Å². The normalized spacial score (nSPS) is 13.6. The van der Waals surface area contributed by atoms with E-state index in [9.17, 15) is 8.76 Å². The minimum atomic E-state index is -3.46. The molecule has 7 heteroatoms. The zero-order chi connectivity index (χ0) is 22.8. The Labute approximate surface area is 186 Å². The first-order chi connectivity index (χ1) is 14.6. The molecule has 1 atom stereocenters. The van der Waals surface area contributed by atoms with Crippen molar-refractivity contribution in [3.8, 4) is 11.1 Å². The number of aryl methyl sites for hydroxylation is 1. The second-order valence-electron chi connectivity index (χ2n) is 8.72. The molecule has 31 heavy (non-hydrogen) atoms. The molecule has 2 aromatic carbocycles. The maximum absolute atomic E-state index is 13.2. The van der Waals surface area contributed by atoms with Crippen LogP contribution in [0.4, 0.5) is 5.69 Å². The van der Waals surface area contributed by atoms with E-state index in [0.717, 1.165) is 35.5 Å². The van der Waals surface area contributed by atoms with E-state index in [1.165, 1.54) is 5.56 Å². The molecule has 0 fully saturated rings. The van der Waals surface area contributed by atoms with E-state index in [0.29, 0.717) is 16.5 Å². The van der Waals surface area contributed by atoms with Gasteiger partial charge < -0.3 is 4.90 Å². The van der Waals surface area contributed by atoms with Gasteiger partial charge in [-0.15, -0.1) is 0 Å². The summed E-state index contributed by atoms with van der Waals surface area (Å²) in [6.45, 7) is 6.98. The van der Waals surface area contributed by atoms with Gasteiger partial charge in [0, 0.05) is 13.6 Å². The van der Waals surface area contributed by atoms with E-state index in [4.69, 9.17) is 0 Å². The van der Waals surface area contributed by atoms with E-state index >= 15 is 0 Å². The maximum atomic E-state index is 13.2. The molecule has 1 unspecified atom stereocenters. The van der Waals surface area contributed by atoms with Crippen LogP contribution in [0.15, 0.2) is 53.4 Å². The van der Waals surface area contributed by atoms with Crippen LogP contribution in [0.3, 0.4) is 0 Å². The van der Waals surface area contributed by atoms with Crippen LogP contribution in [0.2, 0.25) is 0 Å². The molecule has 0 aliphatic carbocycles. The lowest BCUT2D eigenvalue weighted by molar-refractivity contribution is 0.402. The van der Waals surface area contributed by atoms with Crippen molar-refractivity contribution in [2.75, 3.05) is 18.8 Å². The smallest absolute Gasteiger partial charge is 0.305 e. The molecular weight excluding hydrogens is 408 g/mol. The van der Waals surface area contributed by atoms with Crippen molar-refractivity contribution >= 4 is 16.1 Å². The lowest BCUT2D eigenvalue weighted by atomic mass is 10.0. The minimum Gasteiger partial charge on any atom is -0.305 e. The average molecular weight is 442 g/mol. The van der Waals surface area contributed by atoms with Crippen molar-refractivity contribution in [3.05, 3.63) is 65.5 Å². The van der Waals surface area contributed by atoms with Gasteiger partial charge in [-0.3, -0.25) is 4.68 Å². The van der Waals surface area contributed by atoms with Gasteiger partial charge in [0.25, 0.3) is 0 Å². The van der Waals surface area contributed by atoms with E-state index in [-0.39, 0.29) is 0 Å². The van der Waals surface area contributed by atoms with Crippen molar-refractivity contribution < 1.29 is 8.76 Å². The number of hydrogen-bond donors (Lipinski definition) is 2. The summed E-state index contributed by atoms with van der Waals surface area (Å²) in [5.41, 5.74) is 5.62. The molecule has 6 nitrogen and oxygen atoms in total. The summed E-state index contributed by atoms with van der Waals surface area (Å²) in [5, 5.41) is 4.52. The van der Waals surface area contributed by atoms with Gasteiger partial charge in [-0.1, -0.05) is 32.0 Å². The first kappa shape index (κ1) is 23.2. The molecule has 0 saturated carbocycles. The van der Waals surface area contributed by atoms with E-state index in [1.54, 1.807) is 16.8 Å². The molecule has 2 N–H and O–H groups in total. The second-order valence-corrected chi connectivity index (χ2v) is 10.4. The van der Waals surface area contributed by atoms with Crippen LogP contribution in [-0.2, 0) is 34.6 Å². The largest absolute Gasteiger partial charge is 0.346 e. The summed E-state index contributed by atoms with van der Waals surface area (Å²) in [4.78, 5) is 2.47. The molecule has 1 aromatic heterocycles. The van der Waals surface area contributed by atoms with Crippen molar-refractivity contribution in [1.82, 2.24) is 14.7 Å². The summed E-state index contributed by atoms with van der Waals surface area (Å²) < 4.78 is 28.6. The second kappa shape index (κ2) is 9.34. The van der Waals surface area contributed by atoms with Crippen LogP contribution >= 0.6 is 0 Å². The monoisotopic (exact) mass is 441 g/mol. The van der Waals surface area contributed by atoms with Crippen LogP contribution in [0.5, 0.6) is 0 Å². The van der Waals surface area contributed by atoms with Gasteiger partial charge in [0.2, 0.25) is 4.90 Å². The summed E-state index contributed by atoms with van der Waals surface area (Å²) in [6.07, 6.45) is 0.738. The van der Waals surface area contributed by atoms with Crippen LogP contribution < -0.4 is 4.72 Å². The Balaban J connectivity index is 1.85. The molecule has 0 saturated heterocycles. The highest BCUT2D eigenvalue weighted by Gasteiger charge is 2.32. The van der Waals surface area contributed by atoms with Gasteiger partial charge in [0.15, 0.2) is 0 Å². The molecule has 0 aliphatic rings. The molecule has 0 spiro atoms.